The van der Waals surface area contributed by atoms with Crippen molar-refractivity contribution in [2.24, 2.45) is 5.14 Å². The number of amides is 1. The van der Waals surface area contributed by atoms with Gasteiger partial charge in [-0.2, -0.15) is 0 Å². The topological polar surface area (TPSA) is 98.5 Å². The van der Waals surface area contributed by atoms with E-state index in [4.69, 9.17) is 9.88 Å². The van der Waals surface area contributed by atoms with E-state index in [1.54, 1.807) is 19.2 Å². The van der Waals surface area contributed by atoms with Gasteiger partial charge in [0.05, 0.1) is 16.9 Å². The van der Waals surface area contributed by atoms with Crippen LogP contribution in [-0.4, -0.2) is 27.0 Å². The highest BCUT2D eigenvalue weighted by Crippen LogP contribution is 2.13. The van der Waals surface area contributed by atoms with Gasteiger partial charge in [-0.15, -0.1) is 0 Å². The Bertz CT molecular complexity index is 582. The smallest absolute Gasteiger partial charge is 0.238 e. The maximum Gasteiger partial charge on any atom is 0.238 e. The fraction of sp³-hybridized carbons (Fsp3) is 0.462. The van der Waals surface area contributed by atoms with Crippen LogP contribution >= 0.6 is 0 Å². The third kappa shape index (κ3) is 5.28. The molecule has 20 heavy (non-hydrogen) atoms. The Morgan fingerprint density at radius 3 is 2.60 bits per heavy atom. The minimum absolute atomic E-state index is 0.0291. The molecule has 0 atom stereocenters. The normalized spacial score (nSPS) is 12.2. The lowest BCUT2D eigenvalue weighted by molar-refractivity contribution is -0.126. The number of primary sulfonamides is 1. The molecule has 7 heteroatoms. The van der Waals surface area contributed by atoms with Crippen molar-refractivity contribution in [2.45, 2.75) is 37.3 Å². The number of methoxy groups -OCH3 is 1. The van der Waals surface area contributed by atoms with E-state index in [1.165, 1.54) is 12.1 Å². The van der Waals surface area contributed by atoms with E-state index >= 15 is 0 Å². The summed E-state index contributed by atoms with van der Waals surface area (Å²) >= 11 is 0. The summed E-state index contributed by atoms with van der Waals surface area (Å²) < 4.78 is 27.6. The number of rotatable bonds is 6. The van der Waals surface area contributed by atoms with Crippen LogP contribution in [0.3, 0.4) is 0 Å². The zero-order valence-corrected chi connectivity index (χ0v) is 12.7. The molecule has 0 spiro atoms. The summed E-state index contributed by atoms with van der Waals surface area (Å²) in [5, 5.41) is 7.76. The van der Waals surface area contributed by atoms with E-state index in [2.05, 4.69) is 5.32 Å². The molecule has 0 aliphatic heterocycles. The number of benzene rings is 1. The monoisotopic (exact) mass is 300 g/mol. The predicted molar refractivity (Wildman–Crippen MR) is 75.4 cm³/mol. The lowest BCUT2D eigenvalue weighted by Crippen LogP contribution is -2.33. The van der Waals surface area contributed by atoms with Gasteiger partial charge in [-0.1, -0.05) is 12.1 Å². The van der Waals surface area contributed by atoms with Crippen LogP contribution in [0.25, 0.3) is 0 Å². The van der Waals surface area contributed by atoms with Gasteiger partial charge in [-0.25, -0.2) is 13.6 Å². The van der Waals surface area contributed by atoms with E-state index in [1.807, 2.05) is 13.8 Å². The number of carbonyl (C=O) groups is 1. The summed E-state index contributed by atoms with van der Waals surface area (Å²) in [5.74, 6) is -0.169. The molecule has 0 aromatic heterocycles. The maximum absolute atomic E-state index is 11.7. The summed E-state index contributed by atoms with van der Waals surface area (Å²) in [6, 6.07) is 6.16. The largest absolute Gasteiger partial charge is 0.378 e. The van der Waals surface area contributed by atoms with Gasteiger partial charge < -0.3 is 10.1 Å². The average Bonchev–Trinajstić information content (AvgIpc) is 2.35. The predicted octanol–water partition coefficient (Wildman–Crippen LogP) is 0.765. The van der Waals surface area contributed by atoms with Gasteiger partial charge >= 0.3 is 0 Å². The Kier molecular flexibility index (Phi) is 5.27. The Balaban J connectivity index is 2.65. The SMILES string of the molecule is COC(C)(C)CC(=O)NCc1cccc(S(N)(=O)=O)c1. The average molecular weight is 300 g/mol. The second-order valence-corrected chi connectivity index (χ2v) is 6.67. The number of hydrogen-bond donors (Lipinski definition) is 2. The Morgan fingerprint density at radius 1 is 1.40 bits per heavy atom. The molecular weight excluding hydrogens is 280 g/mol. The van der Waals surface area contributed by atoms with Gasteiger partial charge in [0.1, 0.15) is 0 Å². The lowest BCUT2D eigenvalue weighted by Gasteiger charge is -2.21. The first-order chi connectivity index (χ1) is 9.14. The number of carbonyl (C=O) groups excluding carboxylic acids is 1. The number of sulfonamides is 1. The highest BCUT2D eigenvalue weighted by Gasteiger charge is 2.20. The number of hydrogen-bond acceptors (Lipinski definition) is 4. The summed E-state index contributed by atoms with van der Waals surface area (Å²) in [5.41, 5.74) is 0.132. The van der Waals surface area contributed by atoms with E-state index in [0.29, 0.717) is 5.56 Å². The molecule has 0 bridgehead atoms. The van der Waals surface area contributed by atoms with E-state index in [-0.39, 0.29) is 23.8 Å². The van der Waals surface area contributed by atoms with Crippen LogP contribution in [0.4, 0.5) is 0 Å². The molecule has 0 radical (unpaired) electrons. The summed E-state index contributed by atoms with van der Waals surface area (Å²) in [4.78, 5) is 11.8. The Labute approximate surface area is 119 Å². The molecule has 0 aliphatic carbocycles. The van der Waals surface area contributed by atoms with Gasteiger partial charge in [-0.05, 0) is 31.5 Å². The number of ether oxygens (including phenoxy) is 1. The molecular formula is C13H20N2O4S. The van der Waals surface area contributed by atoms with Gasteiger partial charge in [0.15, 0.2) is 0 Å². The molecule has 1 rings (SSSR count). The van der Waals surface area contributed by atoms with Crippen LogP contribution in [-0.2, 0) is 26.1 Å². The zero-order chi connectivity index (χ0) is 15.4. The minimum Gasteiger partial charge on any atom is -0.378 e. The summed E-state index contributed by atoms with van der Waals surface area (Å²) in [6.07, 6.45) is 0.221. The second-order valence-electron chi connectivity index (χ2n) is 5.11. The van der Waals surface area contributed by atoms with Crippen molar-refractivity contribution in [3.8, 4) is 0 Å². The minimum atomic E-state index is -3.73. The van der Waals surface area contributed by atoms with Crippen molar-refractivity contribution >= 4 is 15.9 Å². The van der Waals surface area contributed by atoms with Crippen LogP contribution in [0.2, 0.25) is 0 Å². The molecule has 0 aliphatic rings. The molecule has 0 unspecified atom stereocenters. The molecule has 0 fully saturated rings. The fourth-order valence-corrected chi connectivity index (χ4v) is 2.14. The van der Waals surface area contributed by atoms with Gasteiger partial charge in [0.25, 0.3) is 0 Å². The van der Waals surface area contributed by atoms with Gasteiger partial charge in [-0.3, -0.25) is 4.79 Å². The highest BCUT2D eigenvalue weighted by atomic mass is 32.2. The molecule has 1 aromatic rings. The fourth-order valence-electron chi connectivity index (χ4n) is 1.55. The Hall–Kier alpha value is -1.44. The molecule has 0 saturated carbocycles. The van der Waals surface area contributed by atoms with Crippen LogP contribution in [0.1, 0.15) is 25.8 Å². The molecule has 1 aromatic carbocycles. The second kappa shape index (κ2) is 6.34. The number of nitrogens with one attached hydrogen (secondary N) is 1. The van der Waals surface area contributed by atoms with Gasteiger partial charge in [0.2, 0.25) is 15.9 Å². The molecule has 112 valence electrons. The van der Waals surface area contributed by atoms with Crippen molar-refractivity contribution in [3.63, 3.8) is 0 Å². The first-order valence-corrected chi connectivity index (χ1v) is 7.62. The van der Waals surface area contributed by atoms with Crippen molar-refractivity contribution in [1.29, 1.82) is 0 Å². The van der Waals surface area contributed by atoms with Crippen LogP contribution in [0, 0.1) is 0 Å². The molecule has 0 saturated heterocycles. The van der Waals surface area contributed by atoms with Crippen LogP contribution in [0.5, 0.6) is 0 Å². The molecule has 3 N–H and O–H groups in total. The molecule has 1 amide bonds. The first-order valence-electron chi connectivity index (χ1n) is 6.08. The van der Waals surface area contributed by atoms with Crippen molar-refractivity contribution in [3.05, 3.63) is 29.8 Å². The van der Waals surface area contributed by atoms with Crippen molar-refractivity contribution in [1.82, 2.24) is 5.32 Å². The molecule has 0 heterocycles. The van der Waals surface area contributed by atoms with E-state index < -0.39 is 15.6 Å². The summed E-state index contributed by atoms with van der Waals surface area (Å²) in [7, 11) is -2.18. The third-order valence-electron chi connectivity index (χ3n) is 2.86. The quantitative estimate of drug-likeness (QED) is 0.810. The standard InChI is InChI=1S/C13H20N2O4S/c1-13(2,19-3)8-12(16)15-9-10-5-4-6-11(7-10)20(14,17)18/h4-7H,8-9H2,1-3H3,(H,15,16)(H2,14,17,18). The molecule has 6 nitrogen and oxygen atoms in total. The number of nitrogens with two attached hydrogens (primary N) is 1. The zero-order valence-electron chi connectivity index (χ0n) is 11.8. The first kappa shape index (κ1) is 16.6. The van der Waals surface area contributed by atoms with Crippen molar-refractivity contribution < 1.29 is 17.9 Å². The van der Waals surface area contributed by atoms with Crippen molar-refractivity contribution in [2.75, 3.05) is 7.11 Å². The van der Waals surface area contributed by atoms with Crippen LogP contribution in [0.15, 0.2) is 29.2 Å². The maximum atomic E-state index is 11.7. The van der Waals surface area contributed by atoms with Gasteiger partial charge in [0, 0.05) is 13.7 Å². The van der Waals surface area contributed by atoms with Crippen LogP contribution < -0.4 is 10.5 Å². The van der Waals surface area contributed by atoms with E-state index in [0.717, 1.165) is 0 Å². The lowest BCUT2D eigenvalue weighted by atomic mass is 10.0. The highest BCUT2D eigenvalue weighted by molar-refractivity contribution is 7.89. The summed E-state index contributed by atoms with van der Waals surface area (Å²) in [6.45, 7) is 3.87. The third-order valence-corrected chi connectivity index (χ3v) is 3.77. The van der Waals surface area contributed by atoms with E-state index in [9.17, 15) is 13.2 Å². The Morgan fingerprint density at radius 2 is 2.05 bits per heavy atom.